The Bertz CT molecular complexity index is 331. The van der Waals surface area contributed by atoms with Gasteiger partial charge in [0, 0.05) is 12.6 Å². The zero-order valence-corrected chi connectivity index (χ0v) is 10.8. The highest BCUT2D eigenvalue weighted by Gasteiger charge is 2.15. The standard InChI is InChI=1S/C12H23N3O/c1-5-10-7-11(15(4)14-10)8-16-9-12(3,13)6-2/h7H,5-6,8-9,13H2,1-4H3. The summed E-state index contributed by atoms with van der Waals surface area (Å²) in [7, 11) is 1.94. The molecule has 1 aromatic heterocycles. The first-order chi connectivity index (χ1) is 7.48. The fraction of sp³-hybridized carbons (Fsp3) is 0.750. The minimum Gasteiger partial charge on any atom is -0.373 e. The monoisotopic (exact) mass is 225 g/mol. The van der Waals surface area contributed by atoms with Crippen LogP contribution < -0.4 is 5.73 Å². The molecule has 0 aliphatic heterocycles. The van der Waals surface area contributed by atoms with Gasteiger partial charge in [-0.05, 0) is 25.8 Å². The molecular weight excluding hydrogens is 202 g/mol. The molecule has 0 aromatic carbocycles. The average molecular weight is 225 g/mol. The first-order valence-corrected chi connectivity index (χ1v) is 5.87. The van der Waals surface area contributed by atoms with Crippen molar-refractivity contribution in [2.45, 2.75) is 45.8 Å². The van der Waals surface area contributed by atoms with Crippen LogP contribution >= 0.6 is 0 Å². The van der Waals surface area contributed by atoms with E-state index in [0.29, 0.717) is 13.2 Å². The highest BCUT2D eigenvalue weighted by atomic mass is 16.5. The van der Waals surface area contributed by atoms with E-state index in [-0.39, 0.29) is 5.54 Å². The molecule has 92 valence electrons. The summed E-state index contributed by atoms with van der Waals surface area (Å²) in [5, 5.41) is 4.37. The van der Waals surface area contributed by atoms with E-state index < -0.39 is 0 Å². The molecule has 0 fully saturated rings. The van der Waals surface area contributed by atoms with E-state index in [1.54, 1.807) is 0 Å². The van der Waals surface area contributed by atoms with Gasteiger partial charge in [0.2, 0.25) is 0 Å². The van der Waals surface area contributed by atoms with Gasteiger partial charge in [0.25, 0.3) is 0 Å². The van der Waals surface area contributed by atoms with E-state index in [0.717, 1.165) is 24.2 Å². The molecule has 1 unspecified atom stereocenters. The van der Waals surface area contributed by atoms with Gasteiger partial charge >= 0.3 is 0 Å². The van der Waals surface area contributed by atoms with Crippen LogP contribution in [0.5, 0.6) is 0 Å². The summed E-state index contributed by atoms with van der Waals surface area (Å²) in [6.45, 7) is 7.34. The Hall–Kier alpha value is -0.870. The van der Waals surface area contributed by atoms with Gasteiger partial charge < -0.3 is 10.5 Å². The number of hydrogen-bond acceptors (Lipinski definition) is 3. The quantitative estimate of drug-likeness (QED) is 0.800. The largest absolute Gasteiger partial charge is 0.373 e. The number of rotatable bonds is 6. The third-order valence-corrected chi connectivity index (χ3v) is 2.88. The summed E-state index contributed by atoms with van der Waals surface area (Å²) >= 11 is 0. The maximum Gasteiger partial charge on any atom is 0.0885 e. The lowest BCUT2D eigenvalue weighted by Gasteiger charge is -2.22. The lowest BCUT2D eigenvalue weighted by molar-refractivity contribution is 0.0739. The van der Waals surface area contributed by atoms with Crippen molar-refractivity contribution >= 4 is 0 Å². The molecule has 4 nitrogen and oxygen atoms in total. The molecule has 0 amide bonds. The fourth-order valence-corrected chi connectivity index (χ4v) is 1.37. The maximum atomic E-state index is 6.00. The minimum absolute atomic E-state index is 0.230. The summed E-state index contributed by atoms with van der Waals surface area (Å²) in [5.41, 5.74) is 7.98. The van der Waals surface area contributed by atoms with Crippen molar-refractivity contribution in [3.8, 4) is 0 Å². The molecule has 2 N–H and O–H groups in total. The van der Waals surface area contributed by atoms with Gasteiger partial charge in [-0.1, -0.05) is 13.8 Å². The molecule has 1 rings (SSSR count). The van der Waals surface area contributed by atoms with Crippen molar-refractivity contribution in [3.63, 3.8) is 0 Å². The average Bonchev–Trinajstić information content (AvgIpc) is 2.60. The van der Waals surface area contributed by atoms with Gasteiger partial charge in [-0.3, -0.25) is 4.68 Å². The molecule has 1 aromatic rings. The number of aryl methyl sites for hydroxylation is 2. The van der Waals surface area contributed by atoms with Crippen LogP contribution in [-0.4, -0.2) is 21.9 Å². The molecule has 0 saturated carbocycles. The first kappa shape index (κ1) is 13.2. The smallest absolute Gasteiger partial charge is 0.0885 e. The van der Waals surface area contributed by atoms with Gasteiger partial charge in [0.15, 0.2) is 0 Å². The van der Waals surface area contributed by atoms with E-state index in [2.05, 4.69) is 25.0 Å². The zero-order valence-electron chi connectivity index (χ0n) is 10.8. The van der Waals surface area contributed by atoms with Gasteiger partial charge in [-0.2, -0.15) is 5.10 Å². The highest BCUT2D eigenvalue weighted by molar-refractivity contribution is 5.09. The topological polar surface area (TPSA) is 53.1 Å². The second-order valence-corrected chi connectivity index (χ2v) is 4.60. The van der Waals surface area contributed by atoms with Crippen LogP contribution in [0.2, 0.25) is 0 Å². The Kier molecular flexibility index (Phi) is 4.50. The van der Waals surface area contributed by atoms with Crippen molar-refractivity contribution in [1.29, 1.82) is 0 Å². The molecule has 1 heterocycles. The van der Waals surface area contributed by atoms with E-state index in [4.69, 9.17) is 10.5 Å². The number of nitrogens with zero attached hydrogens (tertiary/aromatic N) is 2. The first-order valence-electron chi connectivity index (χ1n) is 5.87. The maximum absolute atomic E-state index is 6.00. The Morgan fingerprint density at radius 2 is 2.19 bits per heavy atom. The summed E-state index contributed by atoms with van der Waals surface area (Å²) in [4.78, 5) is 0. The van der Waals surface area contributed by atoms with Crippen LogP contribution in [0.15, 0.2) is 6.07 Å². The molecule has 1 atom stereocenters. The van der Waals surface area contributed by atoms with Crippen LogP contribution in [0, 0.1) is 0 Å². The van der Waals surface area contributed by atoms with E-state index in [1.165, 1.54) is 0 Å². The summed E-state index contributed by atoms with van der Waals surface area (Å²) in [5.74, 6) is 0. The second kappa shape index (κ2) is 5.46. The summed E-state index contributed by atoms with van der Waals surface area (Å²) in [6, 6.07) is 2.08. The number of ether oxygens (including phenoxy) is 1. The molecule has 0 spiro atoms. The predicted molar refractivity (Wildman–Crippen MR) is 65.1 cm³/mol. The van der Waals surface area contributed by atoms with Crippen molar-refractivity contribution in [2.24, 2.45) is 12.8 Å². The van der Waals surface area contributed by atoms with Gasteiger partial charge in [-0.15, -0.1) is 0 Å². The van der Waals surface area contributed by atoms with Crippen molar-refractivity contribution in [3.05, 3.63) is 17.5 Å². The SMILES string of the molecule is CCc1cc(COCC(C)(N)CC)n(C)n1. The van der Waals surface area contributed by atoms with Crippen LogP contribution in [0.4, 0.5) is 0 Å². The van der Waals surface area contributed by atoms with E-state index in [1.807, 2.05) is 18.7 Å². The highest BCUT2D eigenvalue weighted by Crippen LogP contribution is 2.09. The molecule has 0 radical (unpaired) electrons. The number of nitrogens with two attached hydrogens (primary N) is 1. The van der Waals surface area contributed by atoms with Gasteiger partial charge in [0.05, 0.1) is 24.6 Å². The van der Waals surface area contributed by atoms with Crippen LogP contribution in [0.3, 0.4) is 0 Å². The molecule has 0 saturated heterocycles. The molecule has 4 heteroatoms. The van der Waals surface area contributed by atoms with Crippen molar-refractivity contribution in [1.82, 2.24) is 9.78 Å². The Labute approximate surface area is 97.8 Å². The van der Waals surface area contributed by atoms with Gasteiger partial charge in [-0.25, -0.2) is 0 Å². The molecular formula is C12H23N3O. The van der Waals surface area contributed by atoms with Crippen molar-refractivity contribution < 1.29 is 4.74 Å². The molecule has 0 aliphatic carbocycles. The molecule has 0 bridgehead atoms. The number of hydrogen-bond donors (Lipinski definition) is 1. The Morgan fingerprint density at radius 1 is 1.50 bits per heavy atom. The third-order valence-electron chi connectivity index (χ3n) is 2.88. The lowest BCUT2D eigenvalue weighted by Crippen LogP contribution is -2.40. The van der Waals surface area contributed by atoms with Crippen molar-refractivity contribution in [2.75, 3.05) is 6.61 Å². The molecule has 0 aliphatic rings. The number of aromatic nitrogens is 2. The van der Waals surface area contributed by atoms with Crippen LogP contribution in [0.1, 0.15) is 38.6 Å². The van der Waals surface area contributed by atoms with Crippen LogP contribution in [0.25, 0.3) is 0 Å². The van der Waals surface area contributed by atoms with Gasteiger partial charge in [0.1, 0.15) is 0 Å². The second-order valence-electron chi connectivity index (χ2n) is 4.60. The molecule has 16 heavy (non-hydrogen) atoms. The predicted octanol–water partition coefficient (Wildman–Crippen LogP) is 1.63. The van der Waals surface area contributed by atoms with E-state index in [9.17, 15) is 0 Å². The Morgan fingerprint density at radius 3 is 2.69 bits per heavy atom. The third kappa shape index (κ3) is 3.61. The van der Waals surface area contributed by atoms with Crippen LogP contribution in [-0.2, 0) is 24.8 Å². The lowest BCUT2D eigenvalue weighted by atomic mass is 10.0. The zero-order chi connectivity index (χ0) is 12.2. The fourth-order valence-electron chi connectivity index (χ4n) is 1.37. The minimum atomic E-state index is -0.230. The summed E-state index contributed by atoms with van der Waals surface area (Å²) < 4.78 is 7.50. The Balaban J connectivity index is 2.45. The summed E-state index contributed by atoms with van der Waals surface area (Å²) in [6.07, 6.45) is 1.87. The normalized spacial score (nSPS) is 15.1. The van der Waals surface area contributed by atoms with E-state index >= 15 is 0 Å².